The van der Waals surface area contributed by atoms with Crippen molar-refractivity contribution in [3.63, 3.8) is 0 Å². The summed E-state index contributed by atoms with van der Waals surface area (Å²) in [6.07, 6.45) is 0.832. The molecule has 0 aromatic heterocycles. The molecule has 4 heteroatoms. The first-order valence-electron chi connectivity index (χ1n) is 4.23. The fraction of sp³-hybridized carbons (Fsp3) is 0.400. The Labute approximate surface area is 108 Å². The third-order valence-electron chi connectivity index (χ3n) is 1.96. The monoisotopic (exact) mass is 314 g/mol. The molecule has 0 amide bonds. The first-order chi connectivity index (χ1) is 6.67. The second-order valence-corrected chi connectivity index (χ2v) is 5.05. The van der Waals surface area contributed by atoms with E-state index in [-0.39, 0.29) is 5.92 Å². The minimum atomic E-state index is 0.289. The highest BCUT2D eigenvalue weighted by Crippen LogP contribution is 2.24. The molecule has 1 aromatic rings. The fourth-order valence-corrected chi connectivity index (χ4v) is 2.45. The lowest BCUT2D eigenvalue weighted by molar-refractivity contribution is 0.662. The Kier molecular flexibility index (Phi) is 5.61. The van der Waals surface area contributed by atoms with Crippen molar-refractivity contribution in [1.82, 2.24) is 0 Å². The predicted molar refractivity (Wildman–Crippen MR) is 67.8 cm³/mol. The van der Waals surface area contributed by atoms with E-state index in [1.807, 2.05) is 18.2 Å². The van der Waals surface area contributed by atoms with E-state index in [0.29, 0.717) is 11.8 Å². The molecule has 0 aliphatic rings. The summed E-state index contributed by atoms with van der Waals surface area (Å²) in [7, 11) is 0. The van der Waals surface area contributed by atoms with Gasteiger partial charge in [-0.2, -0.15) is 0 Å². The summed E-state index contributed by atoms with van der Waals surface area (Å²) in [4.78, 5) is 0. The SMILES string of the molecule is ClCC(CCl)Cc1ccc(Br)cc1Cl. The molecule has 1 rings (SSSR count). The lowest BCUT2D eigenvalue weighted by Gasteiger charge is -2.11. The van der Waals surface area contributed by atoms with E-state index < -0.39 is 0 Å². The minimum Gasteiger partial charge on any atom is -0.126 e. The zero-order valence-electron chi connectivity index (χ0n) is 7.44. The number of hydrogen-bond donors (Lipinski definition) is 0. The summed E-state index contributed by atoms with van der Waals surface area (Å²) in [6.45, 7) is 0. The Hall–Kier alpha value is 0.570. The molecule has 0 unspecified atom stereocenters. The second-order valence-electron chi connectivity index (χ2n) is 3.11. The smallest absolute Gasteiger partial charge is 0.0449 e. The molecule has 0 saturated heterocycles. The first kappa shape index (κ1) is 12.6. The Morgan fingerprint density at radius 2 is 1.86 bits per heavy atom. The van der Waals surface area contributed by atoms with Crippen LogP contribution in [-0.2, 0) is 6.42 Å². The van der Waals surface area contributed by atoms with Gasteiger partial charge in [0.05, 0.1) is 0 Å². The Balaban J connectivity index is 2.76. The standard InChI is InChI=1S/C10H10BrCl3/c11-9-2-1-8(10(14)4-9)3-7(5-12)6-13/h1-2,4,7H,3,5-6H2. The van der Waals surface area contributed by atoms with Crippen molar-refractivity contribution in [2.45, 2.75) is 6.42 Å². The van der Waals surface area contributed by atoms with Crippen molar-refractivity contribution >= 4 is 50.7 Å². The van der Waals surface area contributed by atoms with E-state index in [4.69, 9.17) is 34.8 Å². The molecular formula is C10H10BrCl3. The summed E-state index contributed by atoms with van der Waals surface area (Å²) >= 11 is 21.0. The van der Waals surface area contributed by atoms with E-state index in [0.717, 1.165) is 21.5 Å². The van der Waals surface area contributed by atoms with Crippen molar-refractivity contribution in [2.75, 3.05) is 11.8 Å². The fourth-order valence-electron chi connectivity index (χ4n) is 1.15. The molecule has 0 aliphatic carbocycles. The Bertz CT molecular complexity index is 297. The van der Waals surface area contributed by atoms with Crippen molar-refractivity contribution in [3.05, 3.63) is 33.3 Å². The zero-order chi connectivity index (χ0) is 10.6. The number of halogens is 4. The Morgan fingerprint density at radius 3 is 2.36 bits per heavy atom. The van der Waals surface area contributed by atoms with E-state index in [1.54, 1.807) is 0 Å². The van der Waals surface area contributed by atoms with Gasteiger partial charge in [0.25, 0.3) is 0 Å². The number of alkyl halides is 2. The van der Waals surface area contributed by atoms with Crippen molar-refractivity contribution in [3.8, 4) is 0 Å². The van der Waals surface area contributed by atoms with Crippen molar-refractivity contribution < 1.29 is 0 Å². The van der Waals surface area contributed by atoms with Crippen LogP contribution in [0.3, 0.4) is 0 Å². The summed E-state index contributed by atoms with van der Waals surface area (Å²) in [6, 6.07) is 5.86. The van der Waals surface area contributed by atoms with Gasteiger partial charge >= 0.3 is 0 Å². The largest absolute Gasteiger partial charge is 0.126 e. The highest BCUT2D eigenvalue weighted by Gasteiger charge is 2.09. The topological polar surface area (TPSA) is 0 Å². The van der Waals surface area contributed by atoms with Crippen LogP contribution in [0.2, 0.25) is 5.02 Å². The summed E-state index contributed by atoms with van der Waals surface area (Å²) in [5.74, 6) is 1.42. The molecule has 0 saturated carbocycles. The molecule has 0 nitrogen and oxygen atoms in total. The normalized spacial score (nSPS) is 10.9. The lowest BCUT2D eigenvalue weighted by Crippen LogP contribution is -2.08. The van der Waals surface area contributed by atoms with E-state index in [1.165, 1.54) is 0 Å². The maximum Gasteiger partial charge on any atom is 0.0449 e. The van der Waals surface area contributed by atoms with Crippen LogP contribution in [0.25, 0.3) is 0 Å². The van der Waals surface area contributed by atoms with E-state index >= 15 is 0 Å². The maximum absolute atomic E-state index is 6.07. The highest BCUT2D eigenvalue weighted by molar-refractivity contribution is 9.10. The van der Waals surface area contributed by atoms with Gasteiger partial charge in [-0.3, -0.25) is 0 Å². The quantitative estimate of drug-likeness (QED) is 0.704. The zero-order valence-corrected chi connectivity index (χ0v) is 11.3. The molecular weight excluding hydrogens is 306 g/mol. The highest BCUT2D eigenvalue weighted by atomic mass is 79.9. The molecule has 0 heterocycles. The summed E-state index contributed by atoms with van der Waals surface area (Å²) < 4.78 is 0.986. The molecule has 0 radical (unpaired) electrons. The Morgan fingerprint density at radius 1 is 1.21 bits per heavy atom. The number of hydrogen-bond acceptors (Lipinski definition) is 0. The molecule has 0 aliphatic heterocycles. The molecule has 14 heavy (non-hydrogen) atoms. The maximum atomic E-state index is 6.07. The number of rotatable bonds is 4. The van der Waals surface area contributed by atoms with Crippen LogP contribution in [0, 0.1) is 5.92 Å². The van der Waals surface area contributed by atoms with Gasteiger partial charge in [-0.05, 0) is 30.0 Å². The average Bonchev–Trinajstić information content (AvgIpc) is 2.17. The van der Waals surface area contributed by atoms with Crippen LogP contribution >= 0.6 is 50.7 Å². The van der Waals surface area contributed by atoms with Crippen LogP contribution in [-0.4, -0.2) is 11.8 Å². The summed E-state index contributed by atoms with van der Waals surface area (Å²) in [5.41, 5.74) is 1.10. The van der Waals surface area contributed by atoms with Gasteiger partial charge in [-0.1, -0.05) is 33.6 Å². The van der Waals surface area contributed by atoms with Crippen molar-refractivity contribution in [2.24, 2.45) is 5.92 Å². The molecule has 0 fully saturated rings. The predicted octanol–water partition coefficient (Wildman–Crippen LogP) is 4.74. The summed E-state index contributed by atoms with van der Waals surface area (Å²) in [5, 5.41) is 0.764. The molecule has 1 aromatic carbocycles. The van der Waals surface area contributed by atoms with Gasteiger partial charge in [0, 0.05) is 21.3 Å². The molecule has 0 bridgehead atoms. The van der Waals surface area contributed by atoms with Crippen LogP contribution in [0.4, 0.5) is 0 Å². The second kappa shape index (κ2) is 6.22. The van der Waals surface area contributed by atoms with Crippen LogP contribution in [0.15, 0.2) is 22.7 Å². The van der Waals surface area contributed by atoms with Crippen LogP contribution in [0.1, 0.15) is 5.56 Å². The lowest BCUT2D eigenvalue weighted by atomic mass is 10.0. The van der Waals surface area contributed by atoms with Gasteiger partial charge in [-0.25, -0.2) is 0 Å². The molecule has 0 N–H and O–H groups in total. The average molecular weight is 316 g/mol. The minimum absolute atomic E-state index is 0.289. The van der Waals surface area contributed by atoms with Gasteiger partial charge in [0.2, 0.25) is 0 Å². The van der Waals surface area contributed by atoms with Gasteiger partial charge in [0.15, 0.2) is 0 Å². The van der Waals surface area contributed by atoms with Crippen LogP contribution in [0.5, 0.6) is 0 Å². The first-order valence-corrected chi connectivity index (χ1v) is 6.47. The van der Waals surface area contributed by atoms with Crippen LogP contribution < -0.4 is 0 Å². The van der Waals surface area contributed by atoms with Gasteiger partial charge < -0.3 is 0 Å². The third kappa shape index (κ3) is 3.62. The van der Waals surface area contributed by atoms with E-state index in [9.17, 15) is 0 Å². The van der Waals surface area contributed by atoms with Gasteiger partial charge in [-0.15, -0.1) is 23.2 Å². The molecule has 78 valence electrons. The number of benzene rings is 1. The van der Waals surface area contributed by atoms with Crippen molar-refractivity contribution in [1.29, 1.82) is 0 Å². The molecule has 0 atom stereocenters. The molecule has 0 spiro atoms. The van der Waals surface area contributed by atoms with E-state index in [2.05, 4.69) is 15.9 Å². The third-order valence-corrected chi connectivity index (χ3v) is 3.68. The van der Waals surface area contributed by atoms with Gasteiger partial charge in [0.1, 0.15) is 0 Å².